The zero-order valence-electron chi connectivity index (χ0n) is 7.98. The molecule has 0 unspecified atom stereocenters. The molecule has 0 radical (unpaired) electrons. The van der Waals surface area contributed by atoms with Crippen LogP contribution >= 0.6 is 0 Å². The lowest BCUT2D eigenvalue weighted by molar-refractivity contribution is 0.0697. The summed E-state index contributed by atoms with van der Waals surface area (Å²) in [6.45, 7) is 3.65. The summed E-state index contributed by atoms with van der Waals surface area (Å²) in [4.78, 5) is 14.5. The maximum atomic E-state index is 10.6. The van der Waals surface area contributed by atoms with Crippen LogP contribution in [-0.2, 0) is 0 Å². The normalized spacial score (nSPS) is 9.29. The minimum atomic E-state index is -0.979. The van der Waals surface area contributed by atoms with Gasteiger partial charge in [0.1, 0.15) is 5.82 Å². The number of pyridine rings is 1. The van der Waals surface area contributed by atoms with Crippen molar-refractivity contribution in [1.82, 2.24) is 4.98 Å². The number of carbonyl (C=O) groups is 1. The first-order valence-corrected chi connectivity index (χ1v) is 4.06. The zero-order chi connectivity index (χ0) is 10.6. The molecule has 74 valence electrons. The largest absolute Gasteiger partial charge is 0.478 e. The molecule has 14 heavy (non-hydrogen) atoms. The monoisotopic (exact) mass is 193 g/mol. The second-order valence-corrected chi connectivity index (χ2v) is 2.91. The van der Waals surface area contributed by atoms with Gasteiger partial charge in [-0.15, -0.1) is 0 Å². The molecule has 0 aliphatic rings. The van der Waals surface area contributed by atoms with E-state index in [2.05, 4.69) is 15.5 Å². The van der Waals surface area contributed by atoms with Crippen LogP contribution in [-0.4, -0.2) is 21.8 Å². The number of anilines is 1. The molecular weight excluding hydrogens is 182 g/mol. The minimum Gasteiger partial charge on any atom is -0.478 e. The van der Waals surface area contributed by atoms with E-state index in [1.807, 2.05) is 13.8 Å². The average Bonchev–Trinajstić information content (AvgIpc) is 2.15. The van der Waals surface area contributed by atoms with E-state index in [0.29, 0.717) is 5.82 Å². The van der Waals surface area contributed by atoms with Gasteiger partial charge in [-0.2, -0.15) is 5.10 Å². The van der Waals surface area contributed by atoms with Gasteiger partial charge < -0.3 is 5.11 Å². The number of rotatable bonds is 3. The van der Waals surface area contributed by atoms with E-state index in [1.54, 1.807) is 0 Å². The maximum Gasteiger partial charge on any atom is 0.335 e. The first-order chi connectivity index (χ1) is 6.59. The molecule has 0 fully saturated rings. The Morgan fingerprint density at radius 1 is 1.57 bits per heavy atom. The fourth-order valence-corrected chi connectivity index (χ4v) is 0.794. The number of carboxylic acids is 1. The molecule has 0 amide bonds. The topological polar surface area (TPSA) is 74.6 Å². The Kier molecular flexibility index (Phi) is 3.17. The highest BCUT2D eigenvalue weighted by molar-refractivity contribution is 5.88. The lowest BCUT2D eigenvalue weighted by atomic mass is 10.3. The molecule has 0 saturated carbocycles. The van der Waals surface area contributed by atoms with Gasteiger partial charge >= 0.3 is 5.97 Å². The number of hydrazone groups is 1. The van der Waals surface area contributed by atoms with Crippen molar-refractivity contribution in [1.29, 1.82) is 0 Å². The fraction of sp³-hybridized carbons (Fsp3) is 0.222. The minimum absolute atomic E-state index is 0.187. The van der Waals surface area contributed by atoms with Crippen molar-refractivity contribution in [3.63, 3.8) is 0 Å². The molecule has 2 N–H and O–H groups in total. The Balaban J connectivity index is 2.84. The van der Waals surface area contributed by atoms with Crippen LogP contribution in [0.5, 0.6) is 0 Å². The van der Waals surface area contributed by atoms with Crippen LogP contribution in [0.2, 0.25) is 0 Å². The van der Waals surface area contributed by atoms with Crippen LogP contribution in [0.4, 0.5) is 5.82 Å². The van der Waals surface area contributed by atoms with Gasteiger partial charge in [0.05, 0.1) is 5.56 Å². The highest BCUT2D eigenvalue weighted by Gasteiger charge is 2.02. The van der Waals surface area contributed by atoms with Crippen LogP contribution < -0.4 is 5.43 Å². The summed E-state index contributed by atoms with van der Waals surface area (Å²) in [5.74, 6) is -0.557. The van der Waals surface area contributed by atoms with Gasteiger partial charge in [0.15, 0.2) is 0 Å². The molecule has 5 heteroatoms. The number of hydrogen-bond donors (Lipinski definition) is 2. The van der Waals surface area contributed by atoms with Gasteiger partial charge in [0.25, 0.3) is 0 Å². The van der Waals surface area contributed by atoms with Crippen LogP contribution in [0.15, 0.2) is 23.4 Å². The van der Waals surface area contributed by atoms with E-state index in [-0.39, 0.29) is 5.56 Å². The summed E-state index contributed by atoms with van der Waals surface area (Å²) in [7, 11) is 0. The molecular formula is C9H11N3O2. The third-order valence-electron chi connectivity index (χ3n) is 1.40. The number of aromatic nitrogens is 1. The summed E-state index contributed by atoms with van der Waals surface area (Å²) in [5, 5.41) is 12.6. The predicted octanol–water partition coefficient (Wildman–Crippen LogP) is 1.59. The molecule has 1 rings (SSSR count). The molecule has 0 aliphatic carbocycles. The van der Waals surface area contributed by atoms with Crippen molar-refractivity contribution in [2.75, 3.05) is 5.43 Å². The van der Waals surface area contributed by atoms with Crippen LogP contribution in [0.25, 0.3) is 0 Å². The van der Waals surface area contributed by atoms with Gasteiger partial charge in [-0.1, -0.05) is 0 Å². The number of aromatic carboxylic acids is 1. The number of hydrogen-bond acceptors (Lipinski definition) is 4. The predicted molar refractivity (Wildman–Crippen MR) is 53.6 cm³/mol. The molecule has 1 aromatic rings. The second kappa shape index (κ2) is 4.36. The van der Waals surface area contributed by atoms with Crippen molar-refractivity contribution >= 4 is 17.5 Å². The lowest BCUT2D eigenvalue weighted by Crippen LogP contribution is -2.00. The highest BCUT2D eigenvalue weighted by Crippen LogP contribution is 2.06. The SMILES string of the molecule is CC(C)=NNc1cc(C(=O)O)ccn1. The van der Waals surface area contributed by atoms with Crippen molar-refractivity contribution in [3.8, 4) is 0 Å². The Morgan fingerprint density at radius 2 is 2.29 bits per heavy atom. The summed E-state index contributed by atoms with van der Waals surface area (Å²) < 4.78 is 0. The van der Waals surface area contributed by atoms with E-state index in [4.69, 9.17) is 5.11 Å². The van der Waals surface area contributed by atoms with Gasteiger partial charge in [-0.3, -0.25) is 5.43 Å². The third-order valence-corrected chi connectivity index (χ3v) is 1.40. The number of nitrogens with one attached hydrogen (secondary N) is 1. The summed E-state index contributed by atoms with van der Waals surface area (Å²) in [6, 6.07) is 2.85. The Bertz CT molecular complexity index is 370. The van der Waals surface area contributed by atoms with E-state index < -0.39 is 5.97 Å². The standard InChI is InChI=1S/C9H11N3O2/c1-6(2)11-12-8-5-7(9(13)14)3-4-10-8/h3-5H,1-2H3,(H,10,12)(H,13,14). The molecule has 5 nitrogen and oxygen atoms in total. The first-order valence-electron chi connectivity index (χ1n) is 4.06. The van der Waals surface area contributed by atoms with E-state index >= 15 is 0 Å². The summed E-state index contributed by atoms with van der Waals surface area (Å²) >= 11 is 0. The maximum absolute atomic E-state index is 10.6. The fourth-order valence-electron chi connectivity index (χ4n) is 0.794. The van der Waals surface area contributed by atoms with E-state index in [1.165, 1.54) is 18.3 Å². The average molecular weight is 193 g/mol. The third kappa shape index (κ3) is 2.85. The molecule has 1 heterocycles. The van der Waals surface area contributed by atoms with Crippen LogP contribution in [0, 0.1) is 0 Å². The zero-order valence-corrected chi connectivity index (χ0v) is 7.98. The van der Waals surface area contributed by atoms with Crippen molar-refractivity contribution in [2.24, 2.45) is 5.10 Å². The first kappa shape index (κ1) is 10.2. The number of carboxylic acid groups (broad SMARTS) is 1. The van der Waals surface area contributed by atoms with Gasteiger partial charge in [-0.25, -0.2) is 9.78 Å². The van der Waals surface area contributed by atoms with E-state index in [9.17, 15) is 4.79 Å². The van der Waals surface area contributed by atoms with Gasteiger partial charge in [0, 0.05) is 11.9 Å². The second-order valence-electron chi connectivity index (χ2n) is 2.91. The van der Waals surface area contributed by atoms with Crippen LogP contribution in [0.1, 0.15) is 24.2 Å². The van der Waals surface area contributed by atoms with Crippen molar-refractivity contribution < 1.29 is 9.90 Å². The summed E-state index contributed by atoms with van der Waals surface area (Å²) in [6.07, 6.45) is 1.42. The smallest absolute Gasteiger partial charge is 0.335 e. The van der Waals surface area contributed by atoms with E-state index in [0.717, 1.165) is 5.71 Å². The van der Waals surface area contributed by atoms with Crippen molar-refractivity contribution in [2.45, 2.75) is 13.8 Å². The number of nitrogens with zero attached hydrogens (tertiary/aromatic N) is 2. The molecule has 0 spiro atoms. The molecule has 0 aliphatic heterocycles. The molecule has 0 aromatic carbocycles. The van der Waals surface area contributed by atoms with Gasteiger partial charge in [-0.05, 0) is 26.0 Å². The molecule has 0 atom stereocenters. The highest BCUT2D eigenvalue weighted by atomic mass is 16.4. The molecule has 1 aromatic heterocycles. The lowest BCUT2D eigenvalue weighted by Gasteiger charge is -2.00. The van der Waals surface area contributed by atoms with Gasteiger partial charge in [0.2, 0.25) is 0 Å². The van der Waals surface area contributed by atoms with Crippen LogP contribution in [0.3, 0.4) is 0 Å². The summed E-state index contributed by atoms with van der Waals surface area (Å²) in [5.41, 5.74) is 3.68. The quantitative estimate of drug-likeness (QED) is 0.564. The van der Waals surface area contributed by atoms with Crippen molar-refractivity contribution in [3.05, 3.63) is 23.9 Å². The Labute approximate surface area is 81.5 Å². The molecule has 0 saturated heterocycles. The Hall–Kier alpha value is -1.91. The Morgan fingerprint density at radius 3 is 2.86 bits per heavy atom. The molecule has 0 bridgehead atoms.